The van der Waals surface area contributed by atoms with Gasteiger partial charge in [0, 0.05) is 17.3 Å². The van der Waals surface area contributed by atoms with Crippen molar-refractivity contribution in [2.75, 3.05) is 0 Å². The van der Waals surface area contributed by atoms with Crippen LogP contribution in [0.5, 0.6) is 0 Å². The van der Waals surface area contributed by atoms with E-state index >= 15 is 0 Å². The summed E-state index contributed by atoms with van der Waals surface area (Å²) in [6, 6.07) is 9.85. The molecule has 0 spiro atoms. The molecule has 36 heavy (non-hydrogen) atoms. The average Bonchev–Trinajstić information content (AvgIpc) is 2.88. The zero-order valence-electron chi connectivity index (χ0n) is 18.0. The van der Waals surface area contributed by atoms with Crippen molar-refractivity contribution in [3.63, 3.8) is 0 Å². The lowest BCUT2D eigenvalue weighted by molar-refractivity contribution is -0.257. The first-order chi connectivity index (χ1) is 17.1. The quantitative estimate of drug-likeness (QED) is 0.292. The molecule has 0 unspecified atom stereocenters. The highest BCUT2D eigenvalue weighted by Crippen LogP contribution is 2.25. The van der Waals surface area contributed by atoms with E-state index in [1.54, 1.807) is 12.1 Å². The van der Waals surface area contributed by atoms with Crippen LogP contribution in [-0.4, -0.2) is 38.8 Å². The monoisotopic (exact) mass is 481 g/mol. The van der Waals surface area contributed by atoms with Gasteiger partial charge in [-0.1, -0.05) is 6.07 Å². The molecule has 0 amide bonds. The van der Waals surface area contributed by atoms with Gasteiger partial charge < -0.3 is 39.6 Å². The summed E-state index contributed by atoms with van der Waals surface area (Å²) in [6.07, 6.45) is 4.02. The van der Waals surface area contributed by atoms with Crippen molar-refractivity contribution in [3.8, 4) is 33.8 Å². The smallest absolute Gasteiger partial charge is 0.107 e. The molecule has 2 heterocycles. The van der Waals surface area contributed by atoms with Crippen LogP contribution in [-0.2, 0) is 0 Å². The minimum atomic E-state index is -1.56. The lowest BCUT2D eigenvalue weighted by Gasteiger charge is -2.12. The first kappa shape index (κ1) is 23.7. The van der Waals surface area contributed by atoms with Crippen LogP contribution in [0.2, 0.25) is 0 Å². The Morgan fingerprint density at radius 3 is 1.25 bits per heavy atom. The summed E-state index contributed by atoms with van der Waals surface area (Å²) in [7, 11) is 0. The van der Waals surface area contributed by atoms with E-state index in [1.165, 1.54) is 42.9 Å². The number of hydrogen-bond donors (Lipinski definition) is 0. The molecule has 11 nitrogen and oxygen atoms in total. The van der Waals surface area contributed by atoms with Gasteiger partial charge in [0.2, 0.25) is 0 Å². The Morgan fingerprint density at radius 1 is 0.444 bits per heavy atom. The van der Waals surface area contributed by atoms with Gasteiger partial charge >= 0.3 is 0 Å². The van der Waals surface area contributed by atoms with Crippen molar-refractivity contribution in [1.82, 2.24) is 15.0 Å². The van der Waals surface area contributed by atoms with Gasteiger partial charge in [-0.2, -0.15) is 0 Å². The maximum absolute atomic E-state index is 11.2. The molecule has 4 rings (SSSR count). The molecule has 178 valence electrons. The van der Waals surface area contributed by atoms with E-state index in [-0.39, 0.29) is 39.1 Å². The maximum atomic E-state index is 11.2. The Balaban J connectivity index is 1.64. The maximum Gasteiger partial charge on any atom is 0.107 e. The number of carboxylic acids is 4. The fourth-order valence-electron chi connectivity index (χ4n) is 3.37. The molecule has 0 aliphatic heterocycles. The second-order valence-corrected chi connectivity index (χ2v) is 7.47. The third-order valence-electron chi connectivity index (χ3n) is 5.12. The van der Waals surface area contributed by atoms with E-state index < -0.39 is 23.9 Å². The highest BCUT2D eigenvalue weighted by molar-refractivity contribution is 5.95. The molecular formula is C25H11N3O8-4. The van der Waals surface area contributed by atoms with Crippen LogP contribution < -0.4 is 20.4 Å². The van der Waals surface area contributed by atoms with Crippen molar-refractivity contribution in [1.29, 1.82) is 0 Å². The zero-order valence-corrected chi connectivity index (χ0v) is 18.0. The van der Waals surface area contributed by atoms with Gasteiger partial charge in [-0.15, -0.1) is 0 Å². The second-order valence-electron chi connectivity index (χ2n) is 7.47. The van der Waals surface area contributed by atoms with Gasteiger partial charge in [0.05, 0.1) is 47.7 Å². The van der Waals surface area contributed by atoms with Crippen LogP contribution >= 0.6 is 0 Å². The predicted molar refractivity (Wildman–Crippen MR) is 113 cm³/mol. The third kappa shape index (κ3) is 4.89. The summed E-state index contributed by atoms with van der Waals surface area (Å²) in [6.45, 7) is 0. The Morgan fingerprint density at radius 2 is 0.861 bits per heavy atom. The van der Waals surface area contributed by atoms with Gasteiger partial charge in [-0.05, 0) is 70.3 Å². The zero-order chi connectivity index (χ0) is 26.0. The molecule has 4 aromatic rings. The van der Waals surface area contributed by atoms with Crippen molar-refractivity contribution >= 4 is 23.9 Å². The Labute approximate surface area is 202 Å². The van der Waals surface area contributed by atoms with Crippen LogP contribution in [0.15, 0.2) is 67.1 Å². The van der Waals surface area contributed by atoms with Gasteiger partial charge in [0.25, 0.3) is 0 Å². The summed E-state index contributed by atoms with van der Waals surface area (Å²) < 4.78 is 0. The highest BCUT2D eigenvalue weighted by Gasteiger charge is 2.10. The van der Waals surface area contributed by atoms with Crippen LogP contribution in [0.4, 0.5) is 0 Å². The number of carbonyl (C=O) groups is 4. The predicted octanol–water partition coefficient (Wildman–Crippen LogP) is -1.67. The molecule has 0 radical (unpaired) electrons. The number of hydrogen-bond acceptors (Lipinski definition) is 11. The molecule has 0 aliphatic carbocycles. The van der Waals surface area contributed by atoms with Crippen molar-refractivity contribution < 1.29 is 39.6 Å². The van der Waals surface area contributed by atoms with E-state index in [0.29, 0.717) is 17.0 Å². The number of carbonyl (C=O) groups excluding carboxylic acids is 4. The van der Waals surface area contributed by atoms with Crippen molar-refractivity contribution in [2.24, 2.45) is 0 Å². The average molecular weight is 481 g/mol. The van der Waals surface area contributed by atoms with E-state index in [9.17, 15) is 39.6 Å². The van der Waals surface area contributed by atoms with Crippen LogP contribution in [0.3, 0.4) is 0 Å². The lowest BCUT2D eigenvalue weighted by atomic mass is 10.0. The standard InChI is InChI=1S/C25H15N3O8/c29-22(30)15-3-13(4-16(7-15)23(31)32)12-1-2-19(26-9-12)21-11-27-20(10-28-21)14-5-17(24(33)34)8-18(6-14)25(35)36/h1-11H,(H,29,30)(H,31,32)(H,33,34)(H,35,36)/p-4. The largest absolute Gasteiger partial charge is 0.545 e. The number of rotatable bonds is 7. The fraction of sp³-hybridized carbons (Fsp3) is 0. The fourth-order valence-corrected chi connectivity index (χ4v) is 3.37. The number of benzene rings is 2. The van der Waals surface area contributed by atoms with E-state index in [4.69, 9.17) is 0 Å². The molecule has 0 bridgehead atoms. The second kappa shape index (κ2) is 9.43. The number of aromatic carboxylic acids is 4. The summed E-state index contributed by atoms with van der Waals surface area (Å²) in [4.78, 5) is 57.5. The first-order valence-electron chi connectivity index (χ1n) is 10.1. The van der Waals surface area contributed by atoms with Crippen LogP contribution in [0.25, 0.3) is 33.8 Å². The molecule has 0 saturated carbocycles. The summed E-state index contributed by atoms with van der Waals surface area (Å²) in [5.41, 5.74) is 0.358. The molecule has 0 atom stereocenters. The minimum absolute atomic E-state index is 0.176. The summed E-state index contributed by atoms with van der Waals surface area (Å²) in [5, 5.41) is 44.8. The van der Waals surface area contributed by atoms with Gasteiger partial charge in [-0.3, -0.25) is 15.0 Å². The van der Waals surface area contributed by atoms with Gasteiger partial charge in [0.1, 0.15) is 5.69 Å². The van der Waals surface area contributed by atoms with E-state index in [0.717, 1.165) is 12.1 Å². The number of carboxylic acid groups (broad SMARTS) is 4. The number of pyridine rings is 1. The van der Waals surface area contributed by atoms with Gasteiger partial charge in [-0.25, -0.2) is 0 Å². The highest BCUT2D eigenvalue weighted by atomic mass is 16.4. The van der Waals surface area contributed by atoms with Crippen LogP contribution in [0, 0.1) is 0 Å². The summed E-state index contributed by atoms with van der Waals surface area (Å²) >= 11 is 0. The minimum Gasteiger partial charge on any atom is -0.545 e. The van der Waals surface area contributed by atoms with Crippen molar-refractivity contribution in [2.45, 2.75) is 0 Å². The lowest BCUT2D eigenvalue weighted by Crippen LogP contribution is -2.25. The molecule has 0 fully saturated rings. The number of nitrogens with zero attached hydrogens (tertiary/aromatic N) is 3. The topological polar surface area (TPSA) is 199 Å². The molecule has 2 aromatic carbocycles. The van der Waals surface area contributed by atoms with Crippen molar-refractivity contribution in [3.05, 3.63) is 89.4 Å². The Kier molecular flexibility index (Phi) is 6.21. The van der Waals surface area contributed by atoms with Gasteiger partial charge in [0.15, 0.2) is 0 Å². The van der Waals surface area contributed by atoms with Crippen LogP contribution in [0.1, 0.15) is 41.4 Å². The normalized spacial score (nSPS) is 10.6. The molecule has 2 aromatic heterocycles. The van der Waals surface area contributed by atoms with E-state index in [1.807, 2.05) is 0 Å². The number of aromatic nitrogens is 3. The SMILES string of the molecule is O=C([O-])c1cc(C(=O)[O-])cc(-c2ccc(-c3cnc(-c4cc(C(=O)[O-])cc(C(=O)[O-])c4)cn3)nc2)c1. The molecule has 11 heteroatoms. The molecule has 0 aliphatic rings. The molecule has 0 saturated heterocycles. The molecule has 0 N–H and O–H groups in total. The van der Waals surface area contributed by atoms with E-state index in [2.05, 4.69) is 15.0 Å². The Bertz CT molecular complexity index is 1350. The first-order valence-corrected chi connectivity index (χ1v) is 10.1. The molecular weight excluding hydrogens is 470 g/mol. The third-order valence-corrected chi connectivity index (χ3v) is 5.12. The Hall–Kier alpha value is -5.45. The summed E-state index contributed by atoms with van der Waals surface area (Å²) in [5.74, 6) is -6.22.